The second-order valence-electron chi connectivity index (χ2n) is 4.31. The fourth-order valence-electron chi connectivity index (χ4n) is 2.01. The summed E-state index contributed by atoms with van der Waals surface area (Å²) in [5.74, 6) is -1.81. The molecule has 0 N–H and O–H groups in total. The maximum absolute atomic E-state index is 13.7. The molecule has 0 aliphatic carbocycles. The fraction of sp³-hybridized carbons (Fsp3) is 0.200. The maximum Gasteiger partial charge on any atom is 0.129 e. The highest BCUT2D eigenvalue weighted by Crippen LogP contribution is 2.26. The zero-order chi connectivity index (χ0) is 13.8. The van der Waals surface area contributed by atoms with Crippen LogP contribution in [0.4, 0.5) is 13.2 Å². The lowest BCUT2D eigenvalue weighted by molar-refractivity contribution is 0.556. The minimum atomic E-state index is -0.633. The van der Waals surface area contributed by atoms with Crippen LogP contribution in [0.15, 0.2) is 42.5 Å². The summed E-state index contributed by atoms with van der Waals surface area (Å²) in [6.45, 7) is 0. The summed E-state index contributed by atoms with van der Waals surface area (Å²) in [6, 6.07) is 9.64. The van der Waals surface area contributed by atoms with Gasteiger partial charge in [0.25, 0.3) is 0 Å². The van der Waals surface area contributed by atoms with E-state index < -0.39 is 11.6 Å². The fourth-order valence-corrected chi connectivity index (χ4v) is 2.28. The van der Waals surface area contributed by atoms with Crippen LogP contribution in [0.1, 0.15) is 17.0 Å². The van der Waals surface area contributed by atoms with E-state index in [1.54, 1.807) is 18.2 Å². The lowest BCUT2D eigenvalue weighted by Crippen LogP contribution is -2.08. The van der Waals surface area contributed by atoms with Gasteiger partial charge in [0.1, 0.15) is 17.5 Å². The van der Waals surface area contributed by atoms with E-state index in [9.17, 15) is 13.2 Å². The Bertz CT molecular complexity index is 569. The lowest BCUT2D eigenvalue weighted by Gasteiger charge is -2.15. The van der Waals surface area contributed by atoms with Gasteiger partial charge in [-0.2, -0.15) is 0 Å². The molecule has 0 heterocycles. The number of hydrogen-bond acceptors (Lipinski definition) is 0. The summed E-state index contributed by atoms with van der Waals surface area (Å²) in [5, 5.41) is 0. The predicted molar refractivity (Wildman–Crippen MR) is 69.9 cm³/mol. The second kappa shape index (κ2) is 6.11. The first kappa shape index (κ1) is 13.9. The van der Waals surface area contributed by atoms with Crippen molar-refractivity contribution in [2.75, 3.05) is 5.88 Å². The van der Waals surface area contributed by atoms with E-state index >= 15 is 0 Å². The van der Waals surface area contributed by atoms with Crippen LogP contribution < -0.4 is 0 Å². The zero-order valence-corrected chi connectivity index (χ0v) is 10.8. The highest BCUT2D eigenvalue weighted by atomic mass is 35.5. The number of hydrogen-bond donors (Lipinski definition) is 0. The second-order valence-corrected chi connectivity index (χ2v) is 4.62. The molecule has 0 saturated carbocycles. The van der Waals surface area contributed by atoms with E-state index in [1.165, 1.54) is 18.2 Å². The topological polar surface area (TPSA) is 0 Å². The van der Waals surface area contributed by atoms with Crippen molar-refractivity contribution >= 4 is 11.6 Å². The van der Waals surface area contributed by atoms with Crippen LogP contribution in [0.3, 0.4) is 0 Å². The third-order valence-corrected chi connectivity index (χ3v) is 3.39. The van der Waals surface area contributed by atoms with Crippen LogP contribution in [0.5, 0.6) is 0 Å². The summed E-state index contributed by atoms with van der Waals surface area (Å²) < 4.78 is 40.1. The van der Waals surface area contributed by atoms with E-state index in [4.69, 9.17) is 11.6 Å². The average molecular weight is 285 g/mol. The third-order valence-electron chi connectivity index (χ3n) is 3.01. The molecular formula is C15H12ClF3. The van der Waals surface area contributed by atoms with Gasteiger partial charge in [-0.1, -0.05) is 24.3 Å². The molecule has 0 fully saturated rings. The van der Waals surface area contributed by atoms with Crippen LogP contribution in [-0.2, 0) is 6.42 Å². The van der Waals surface area contributed by atoms with Gasteiger partial charge in [-0.3, -0.25) is 0 Å². The highest BCUT2D eigenvalue weighted by Gasteiger charge is 2.17. The molecule has 0 aliphatic rings. The Balaban J connectivity index is 2.27. The quantitative estimate of drug-likeness (QED) is 0.716. The van der Waals surface area contributed by atoms with E-state index in [0.29, 0.717) is 11.1 Å². The summed E-state index contributed by atoms with van der Waals surface area (Å²) in [4.78, 5) is 0. The van der Waals surface area contributed by atoms with Crippen LogP contribution in [0.25, 0.3) is 0 Å². The van der Waals surface area contributed by atoms with Crippen molar-refractivity contribution in [1.29, 1.82) is 0 Å². The van der Waals surface area contributed by atoms with Crippen molar-refractivity contribution in [1.82, 2.24) is 0 Å². The molecule has 0 radical (unpaired) electrons. The Morgan fingerprint density at radius 2 is 1.68 bits per heavy atom. The lowest BCUT2D eigenvalue weighted by atomic mass is 9.93. The van der Waals surface area contributed by atoms with Gasteiger partial charge in [-0.15, -0.1) is 11.6 Å². The van der Waals surface area contributed by atoms with Crippen molar-refractivity contribution in [2.45, 2.75) is 12.3 Å². The number of rotatable bonds is 4. The Hall–Kier alpha value is -1.48. The minimum absolute atomic E-state index is 0.164. The average Bonchev–Trinajstić information content (AvgIpc) is 2.39. The molecule has 2 aromatic rings. The van der Waals surface area contributed by atoms with Crippen LogP contribution in [0, 0.1) is 17.5 Å². The molecule has 0 spiro atoms. The molecule has 2 rings (SSSR count). The highest BCUT2D eigenvalue weighted by molar-refractivity contribution is 6.18. The number of alkyl halides is 1. The van der Waals surface area contributed by atoms with Gasteiger partial charge >= 0.3 is 0 Å². The first-order valence-electron chi connectivity index (χ1n) is 5.86. The van der Waals surface area contributed by atoms with Crippen molar-refractivity contribution in [3.05, 3.63) is 71.0 Å². The van der Waals surface area contributed by atoms with E-state index in [2.05, 4.69) is 0 Å². The predicted octanol–water partition coefficient (Wildman–Crippen LogP) is 4.67. The number of halogens is 4. The SMILES string of the molecule is Fc1ccc(CC(CCl)c2ccccc2F)c(F)c1. The Morgan fingerprint density at radius 1 is 0.947 bits per heavy atom. The molecular weight excluding hydrogens is 273 g/mol. The molecule has 2 aromatic carbocycles. The van der Waals surface area contributed by atoms with Gasteiger partial charge < -0.3 is 0 Å². The summed E-state index contributed by atoms with van der Waals surface area (Å²) >= 11 is 5.84. The largest absolute Gasteiger partial charge is 0.207 e. The van der Waals surface area contributed by atoms with Gasteiger partial charge in [-0.25, -0.2) is 13.2 Å². The van der Waals surface area contributed by atoms with Crippen LogP contribution >= 0.6 is 11.6 Å². The van der Waals surface area contributed by atoms with Crippen molar-refractivity contribution in [3.63, 3.8) is 0 Å². The Labute approximate surface area is 114 Å². The summed E-state index contributed by atoms with van der Waals surface area (Å²) in [7, 11) is 0. The first-order valence-corrected chi connectivity index (χ1v) is 6.39. The van der Waals surface area contributed by atoms with Crippen molar-refractivity contribution in [2.24, 2.45) is 0 Å². The molecule has 0 nitrogen and oxygen atoms in total. The molecule has 100 valence electrons. The van der Waals surface area contributed by atoms with Crippen LogP contribution in [0.2, 0.25) is 0 Å². The molecule has 1 unspecified atom stereocenters. The van der Waals surface area contributed by atoms with Gasteiger partial charge in [0.2, 0.25) is 0 Å². The molecule has 1 atom stereocenters. The molecule has 0 amide bonds. The first-order chi connectivity index (χ1) is 9.11. The van der Waals surface area contributed by atoms with Gasteiger partial charge in [0, 0.05) is 17.9 Å². The molecule has 4 heteroatoms. The normalized spacial score (nSPS) is 12.4. The van der Waals surface area contributed by atoms with Crippen molar-refractivity contribution < 1.29 is 13.2 Å². The van der Waals surface area contributed by atoms with Crippen molar-refractivity contribution in [3.8, 4) is 0 Å². The zero-order valence-electron chi connectivity index (χ0n) is 10.0. The third kappa shape index (κ3) is 3.29. The minimum Gasteiger partial charge on any atom is -0.207 e. The molecule has 0 aromatic heterocycles. The summed E-state index contributed by atoms with van der Waals surface area (Å²) in [6.07, 6.45) is 0.233. The molecule has 0 saturated heterocycles. The Kier molecular flexibility index (Phi) is 4.48. The maximum atomic E-state index is 13.7. The number of benzene rings is 2. The molecule has 0 bridgehead atoms. The summed E-state index contributed by atoms with van der Waals surface area (Å²) in [5.41, 5.74) is 0.775. The van der Waals surface area contributed by atoms with Gasteiger partial charge in [0.05, 0.1) is 0 Å². The van der Waals surface area contributed by atoms with Gasteiger partial charge in [-0.05, 0) is 29.7 Å². The monoisotopic (exact) mass is 284 g/mol. The standard InChI is InChI=1S/C15H12ClF3/c16-9-11(13-3-1-2-4-14(13)18)7-10-5-6-12(17)8-15(10)19/h1-6,8,11H,7,9H2. The van der Waals surface area contributed by atoms with E-state index in [-0.39, 0.29) is 24.0 Å². The molecule has 0 aliphatic heterocycles. The van der Waals surface area contributed by atoms with Gasteiger partial charge in [0.15, 0.2) is 0 Å². The van der Waals surface area contributed by atoms with E-state index in [1.807, 2.05) is 0 Å². The Morgan fingerprint density at radius 3 is 2.32 bits per heavy atom. The van der Waals surface area contributed by atoms with E-state index in [0.717, 1.165) is 6.07 Å². The van der Waals surface area contributed by atoms with Crippen LogP contribution in [-0.4, -0.2) is 5.88 Å². The smallest absolute Gasteiger partial charge is 0.129 e. The molecule has 19 heavy (non-hydrogen) atoms.